The van der Waals surface area contributed by atoms with Crippen molar-refractivity contribution in [2.75, 3.05) is 0 Å². The van der Waals surface area contributed by atoms with Crippen LogP contribution >= 0.6 is 0 Å². The highest BCUT2D eigenvalue weighted by Gasteiger charge is 1.99. The number of nitrogens with one attached hydrogen (secondary N) is 1. The van der Waals surface area contributed by atoms with E-state index in [1.807, 2.05) is 0 Å². The van der Waals surface area contributed by atoms with E-state index in [1.54, 1.807) is 0 Å². The van der Waals surface area contributed by atoms with E-state index in [9.17, 15) is 0 Å². The fourth-order valence-electron chi connectivity index (χ4n) is 3.78. The molecular weight excluding hydrogens is 314 g/mol. The zero-order valence-electron chi connectivity index (χ0n) is 18.6. The summed E-state index contributed by atoms with van der Waals surface area (Å²) in [5.74, 6) is 0. The average molecular weight is 366 g/mol. The molecule has 0 saturated carbocycles. The van der Waals surface area contributed by atoms with Gasteiger partial charge in [-0.3, -0.25) is 0 Å². The van der Waals surface area contributed by atoms with E-state index in [2.05, 4.69) is 13.8 Å². The van der Waals surface area contributed by atoms with Crippen LogP contribution in [0.1, 0.15) is 155 Å². The molecule has 0 aromatic rings. The maximum absolute atomic E-state index is 8.11. The predicted molar refractivity (Wildman–Crippen MR) is 121 cm³/mol. The van der Waals surface area contributed by atoms with Gasteiger partial charge in [-0.2, -0.15) is 0 Å². The van der Waals surface area contributed by atoms with Gasteiger partial charge >= 0.3 is 0 Å². The van der Waals surface area contributed by atoms with Gasteiger partial charge in [0.05, 0.1) is 0 Å². The molecule has 0 aromatic carbocycles. The lowest BCUT2D eigenvalue weighted by molar-refractivity contribution is 0.555. The molecule has 0 aliphatic heterocycles. The molecule has 156 valence electrons. The van der Waals surface area contributed by atoms with Crippen molar-refractivity contribution >= 4 is 5.71 Å². The number of unbranched alkanes of at least 4 members (excludes halogenated alkanes) is 18. The molecule has 0 saturated heterocycles. The molecule has 1 nitrogen and oxygen atoms in total. The van der Waals surface area contributed by atoms with Crippen LogP contribution in [0.25, 0.3) is 0 Å². The minimum absolute atomic E-state index is 1.02. The maximum atomic E-state index is 8.11. The number of hydrogen-bond acceptors (Lipinski definition) is 1. The Morgan fingerprint density at radius 1 is 0.385 bits per heavy atom. The van der Waals surface area contributed by atoms with Crippen molar-refractivity contribution in [2.24, 2.45) is 0 Å². The maximum Gasteiger partial charge on any atom is 0.00891 e. The molecule has 1 N–H and O–H groups in total. The fourth-order valence-corrected chi connectivity index (χ4v) is 3.78. The molecule has 26 heavy (non-hydrogen) atoms. The smallest absolute Gasteiger partial charge is 0.00891 e. The molecule has 0 unspecified atom stereocenters. The van der Waals surface area contributed by atoms with Gasteiger partial charge in [-0.05, 0) is 25.7 Å². The molecule has 1 heteroatoms. The Morgan fingerprint density at radius 2 is 0.615 bits per heavy atom. The Kier molecular flexibility index (Phi) is 22.4. The Balaban J connectivity index is 3.13. The quantitative estimate of drug-likeness (QED) is 0.146. The van der Waals surface area contributed by atoms with Gasteiger partial charge in [0, 0.05) is 5.71 Å². The van der Waals surface area contributed by atoms with Crippen LogP contribution < -0.4 is 0 Å². The van der Waals surface area contributed by atoms with Crippen molar-refractivity contribution in [3.8, 4) is 0 Å². The lowest BCUT2D eigenvalue weighted by Crippen LogP contribution is -1.96. The minimum atomic E-state index is 1.02. The van der Waals surface area contributed by atoms with Crippen LogP contribution in [0.5, 0.6) is 0 Å². The normalized spacial score (nSPS) is 11.2. The second kappa shape index (κ2) is 22.7. The minimum Gasteiger partial charge on any atom is -0.310 e. The summed E-state index contributed by atoms with van der Waals surface area (Å²) in [6.07, 6.45) is 30.0. The van der Waals surface area contributed by atoms with Gasteiger partial charge < -0.3 is 5.41 Å². The summed E-state index contributed by atoms with van der Waals surface area (Å²) in [6, 6.07) is 0. The van der Waals surface area contributed by atoms with Gasteiger partial charge in [-0.25, -0.2) is 0 Å². The van der Waals surface area contributed by atoms with Crippen LogP contribution in [0.2, 0.25) is 0 Å². The number of rotatable bonds is 22. The molecule has 0 rings (SSSR count). The first-order valence-electron chi connectivity index (χ1n) is 12.4. The van der Waals surface area contributed by atoms with E-state index in [4.69, 9.17) is 5.41 Å². The summed E-state index contributed by atoms with van der Waals surface area (Å²) >= 11 is 0. The van der Waals surface area contributed by atoms with Crippen LogP contribution in [0.3, 0.4) is 0 Å². The van der Waals surface area contributed by atoms with E-state index in [0.29, 0.717) is 0 Å². The van der Waals surface area contributed by atoms with Crippen molar-refractivity contribution in [3.05, 3.63) is 0 Å². The van der Waals surface area contributed by atoms with Crippen molar-refractivity contribution < 1.29 is 0 Å². The van der Waals surface area contributed by atoms with Crippen molar-refractivity contribution in [2.45, 2.75) is 155 Å². The zero-order chi connectivity index (χ0) is 19.1. The van der Waals surface area contributed by atoms with E-state index in [0.717, 1.165) is 18.6 Å². The van der Waals surface area contributed by atoms with E-state index in [1.165, 1.54) is 128 Å². The lowest BCUT2D eigenvalue weighted by Gasteiger charge is -2.05. The second-order valence-electron chi connectivity index (χ2n) is 8.47. The standard InChI is InChI=1S/C25H51N/c1-3-5-7-9-11-13-15-17-19-21-23-25(26)24-22-20-18-16-14-12-10-8-6-4-2/h26H,3-24H2,1-2H3. The van der Waals surface area contributed by atoms with Crippen LogP contribution in [-0.2, 0) is 0 Å². The summed E-state index contributed by atoms with van der Waals surface area (Å²) < 4.78 is 0. The highest BCUT2D eigenvalue weighted by Crippen LogP contribution is 2.14. The van der Waals surface area contributed by atoms with Gasteiger partial charge in [-0.1, -0.05) is 129 Å². The molecule has 0 aliphatic rings. The highest BCUT2D eigenvalue weighted by atomic mass is 14.4. The first kappa shape index (κ1) is 25.7. The van der Waals surface area contributed by atoms with Crippen LogP contribution in [0.15, 0.2) is 0 Å². The Labute approximate surface area is 166 Å². The van der Waals surface area contributed by atoms with E-state index >= 15 is 0 Å². The van der Waals surface area contributed by atoms with E-state index < -0.39 is 0 Å². The van der Waals surface area contributed by atoms with Gasteiger partial charge in [0.2, 0.25) is 0 Å². The molecule has 0 aromatic heterocycles. The lowest BCUT2D eigenvalue weighted by atomic mass is 10.0. The summed E-state index contributed by atoms with van der Waals surface area (Å²) in [7, 11) is 0. The topological polar surface area (TPSA) is 23.9 Å². The first-order valence-corrected chi connectivity index (χ1v) is 12.4. The van der Waals surface area contributed by atoms with Gasteiger partial charge in [-0.15, -0.1) is 0 Å². The molecule has 0 aliphatic carbocycles. The third-order valence-corrected chi connectivity index (χ3v) is 5.66. The van der Waals surface area contributed by atoms with Crippen molar-refractivity contribution in [3.63, 3.8) is 0 Å². The largest absolute Gasteiger partial charge is 0.310 e. The summed E-state index contributed by atoms with van der Waals surface area (Å²) in [5.41, 5.74) is 1.02. The molecule has 0 spiro atoms. The third kappa shape index (κ3) is 21.7. The molecule has 0 radical (unpaired) electrons. The van der Waals surface area contributed by atoms with Gasteiger partial charge in [0.25, 0.3) is 0 Å². The number of hydrogen-bond donors (Lipinski definition) is 1. The third-order valence-electron chi connectivity index (χ3n) is 5.66. The van der Waals surface area contributed by atoms with E-state index in [-0.39, 0.29) is 0 Å². The second-order valence-corrected chi connectivity index (χ2v) is 8.47. The monoisotopic (exact) mass is 365 g/mol. The first-order chi connectivity index (χ1) is 12.8. The fraction of sp³-hybridized carbons (Fsp3) is 0.960. The molecule has 0 fully saturated rings. The molecule has 0 heterocycles. The van der Waals surface area contributed by atoms with Gasteiger partial charge in [0.15, 0.2) is 0 Å². The average Bonchev–Trinajstić information content (AvgIpc) is 2.64. The molecular formula is C25H51N. The summed E-state index contributed by atoms with van der Waals surface area (Å²) in [5, 5.41) is 8.11. The van der Waals surface area contributed by atoms with Gasteiger partial charge in [0.1, 0.15) is 0 Å². The Morgan fingerprint density at radius 3 is 0.885 bits per heavy atom. The molecule has 0 amide bonds. The van der Waals surface area contributed by atoms with Crippen LogP contribution in [0, 0.1) is 5.41 Å². The Hall–Kier alpha value is -0.330. The highest BCUT2D eigenvalue weighted by molar-refractivity contribution is 5.81. The predicted octanol–water partition coefficient (Wildman–Crippen LogP) is 9.63. The molecule has 0 bridgehead atoms. The van der Waals surface area contributed by atoms with Crippen molar-refractivity contribution in [1.82, 2.24) is 0 Å². The van der Waals surface area contributed by atoms with Crippen molar-refractivity contribution in [1.29, 1.82) is 5.41 Å². The zero-order valence-corrected chi connectivity index (χ0v) is 18.6. The molecule has 0 atom stereocenters. The Bertz CT molecular complexity index is 245. The summed E-state index contributed by atoms with van der Waals surface area (Å²) in [6.45, 7) is 4.57. The van der Waals surface area contributed by atoms with Crippen LogP contribution in [0.4, 0.5) is 0 Å². The summed E-state index contributed by atoms with van der Waals surface area (Å²) in [4.78, 5) is 0. The van der Waals surface area contributed by atoms with Crippen LogP contribution in [-0.4, -0.2) is 5.71 Å². The SMILES string of the molecule is CCCCCCCCCCCCC(=N)CCCCCCCCCCCC.